The predicted octanol–water partition coefficient (Wildman–Crippen LogP) is 1.33. The molecule has 0 amide bonds. The van der Waals surface area contributed by atoms with E-state index >= 15 is 0 Å². The molecule has 2 heterocycles. The lowest BCUT2D eigenvalue weighted by molar-refractivity contribution is 0.323. The van der Waals surface area contributed by atoms with Crippen molar-refractivity contribution in [2.24, 2.45) is 11.8 Å². The van der Waals surface area contributed by atoms with Gasteiger partial charge in [0.25, 0.3) is 0 Å². The zero-order chi connectivity index (χ0) is 9.47. The first-order chi connectivity index (χ1) is 6.07. The van der Waals surface area contributed by atoms with Crippen LogP contribution < -0.4 is 5.32 Å². The number of hydrogen-bond donors (Lipinski definition) is 1. The normalized spacial score (nSPS) is 39.9. The zero-order valence-corrected chi connectivity index (χ0v) is 9.14. The first kappa shape index (κ1) is 9.47. The van der Waals surface area contributed by atoms with Crippen molar-refractivity contribution < 1.29 is 0 Å². The molecule has 0 aliphatic carbocycles. The molecule has 2 rings (SSSR count). The van der Waals surface area contributed by atoms with E-state index in [1.54, 1.807) is 0 Å². The minimum atomic E-state index is 0.395. The van der Waals surface area contributed by atoms with E-state index in [0.29, 0.717) is 5.54 Å². The summed E-state index contributed by atoms with van der Waals surface area (Å²) in [5, 5.41) is 3.62. The fourth-order valence-electron chi connectivity index (χ4n) is 2.89. The molecule has 0 bridgehead atoms. The van der Waals surface area contributed by atoms with Gasteiger partial charge in [0.2, 0.25) is 0 Å². The summed E-state index contributed by atoms with van der Waals surface area (Å²) in [6, 6.07) is 0. The van der Waals surface area contributed by atoms with Gasteiger partial charge in [-0.2, -0.15) is 0 Å². The molecule has 2 unspecified atom stereocenters. The van der Waals surface area contributed by atoms with Crippen LogP contribution in [0.25, 0.3) is 0 Å². The molecule has 0 radical (unpaired) electrons. The monoisotopic (exact) mass is 182 g/mol. The molecule has 2 nitrogen and oxygen atoms in total. The summed E-state index contributed by atoms with van der Waals surface area (Å²) >= 11 is 0. The van der Waals surface area contributed by atoms with Crippen LogP contribution in [-0.2, 0) is 0 Å². The number of hydrogen-bond acceptors (Lipinski definition) is 2. The number of rotatable bonds is 1. The van der Waals surface area contributed by atoms with Gasteiger partial charge in [0, 0.05) is 12.1 Å². The molecule has 2 heteroatoms. The summed E-state index contributed by atoms with van der Waals surface area (Å²) in [5.74, 6) is 1.89. The Hall–Kier alpha value is -0.0800. The minimum Gasteiger partial charge on any atom is -0.311 e. The Morgan fingerprint density at radius 1 is 1.31 bits per heavy atom. The lowest BCUT2D eigenvalue weighted by Gasteiger charge is -2.20. The van der Waals surface area contributed by atoms with E-state index in [1.165, 1.54) is 32.5 Å². The highest BCUT2D eigenvalue weighted by molar-refractivity contribution is 4.94. The van der Waals surface area contributed by atoms with Crippen molar-refractivity contribution in [2.75, 3.05) is 26.7 Å². The second kappa shape index (κ2) is 3.25. The van der Waals surface area contributed by atoms with Crippen molar-refractivity contribution in [2.45, 2.75) is 32.2 Å². The highest BCUT2D eigenvalue weighted by atomic mass is 15.1. The van der Waals surface area contributed by atoms with Crippen LogP contribution in [0, 0.1) is 11.8 Å². The molecule has 2 saturated heterocycles. The Morgan fingerprint density at radius 3 is 2.54 bits per heavy atom. The van der Waals surface area contributed by atoms with Crippen LogP contribution in [0.3, 0.4) is 0 Å². The van der Waals surface area contributed by atoms with Crippen molar-refractivity contribution in [1.82, 2.24) is 10.2 Å². The Morgan fingerprint density at radius 2 is 2.08 bits per heavy atom. The second-order valence-electron chi connectivity index (χ2n) is 5.54. The van der Waals surface area contributed by atoms with E-state index in [1.807, 2.05) is 0 Å². The average molecular weight is 182 g/mol. The third-order valence-corrected chi connectivity index (χ3v) is 3.71. The SMILES string of the molecule is CN1CCC(C2CNC(C)(C)C2)C1. The fraction of sp³-hybridized carbons (Fsp3) is 1.00. The van der Waals surface area contributed by atoms with Crippen molar-refractivity contribution in [3.63, 3.8) is 0 Å². The van der Waals surface area contributed by atoms with Crippen LogP contribution >= 0.6 is 0 Å². The summed E-state index contributed by atoms with van der Waals surface area (Å²) in [6.07, 6.45) is 2.78. The van der Waals surface area contributed by atoms with Crippen LogP contribution in [0.5, 0.6) is 0 Å². The van der Waals surface area contributed by atoms with E-state index < -0.39 is 0 Å². The molecule has 0 aromatic carbocycles. The van der Waals surface area contributed by atoms with Crippen LogP contribution in [0.4, 0.5) is 0 Å². The summed E-state index contributed by atoms with van der Waals surface area (Å²) in [7, 11) is 2.24. The summed E-state index contributed by atoms with van der Waals surface area (Å²) in [4.78, 5) is 2.47. The lowest BCUT2D eigenvalue weighted by Crippen LogP contribution is -2.31. The van der Waals surface area contributed by atoms with Crippen molar-refractivity contribution in [1.29, 1.82) is 0 Å². The van der Waals surface area contributed by atoms with Gasteiger partial charge < -0.3 is 10.2 Å². The van der Waals surface area contributed by atoms with Gasteiger partial charge >= 0.3 is 0 Å². The van der Waals surface area contributed by atoms with Gasteiger partial charge in [-0.3, -0.25) is 0 Å². The Balaban J connectivity index is 1.89. The van der Waals surface area contributed by atoms with Crippen molar-refractivity contribution in [3.8, 4) is 0 Å². The molecule has 1 N–H and O–H groups in total. The summed E-state index contributed by atoms with van der Waals surface area (Å²) in [5.41, 5.74) is 0.395. The molecular weight excluding hydrogens is 160 g/mol. The topological polar surface area (TPSA) is 15.3 Å². The Kier molecular flexibility index (Phi) is 2.37. The first-order valence-electron chi connectivity index (χ1n) is 5.50. The molecule has 76 valence electrons. The van der Waals surface area contributed by atoms with Gasteiger partial charge in [0.05, 0.1) is 0 Å². The first-order valence-corrected chi connectivity index (χ1v) is 5.50. The maximum atomic E-state index is 3.62. The molecule has 2 fully saturated rings. The van der Waals surface area contributed by atoms with Crippen molar-refractivity contribution in [3.05, 3.63) is 0 Å². The molecule has 0 aromatic rings. The highest BCUT2D eigenvalue weighted by Gasteiger charge is 2.36. The molecule has 2 aliphatic heterocycles. The summed E-state index contributed by atoms with van der Waals surface area (Å²) in [6.45, 7) is 8.52. The van der Waals surface area contributed by atoms with Gasteiger partial charge in [0.15, 0.2) is 0 Å². The van der Waals surface area contributed by atoms with Crippen LogP contribution in [0.1, 0.15) is 26.7 Å². The Labute approximate surface area is 81.7 Å². The average Bonchev–Trinajstić information content (AvgIpc) is 2.56. The zero-order valence-electron chi connectivity index (χ0n) is 9.14. The third kappa shape index (κ3) is 2.05. The van der Waals surface area contributed by atoms with E-state index in [9.17, 15) is 0 Å². The summed E-state index contributed by atoms with van der Waals surface area (Å²) < 4.78 is 0. The van der Waals surface area contributed by atoms with Crippen molar-refractivity contribution >= 4 is 0 Å². The van der Waals surface area contributed by atoms with Crippen LogP contribution in [-0.4, -0.2) is 37.1 Å². The maximum Gasteiger partial charge on any atom is 0.0128 e. The third-order valence-electron chi connectivity index (χ3n) is 3.71. The molecule has 0 spiro atoms. The molecule has 13 heavy (non-hydrogen) atoms. The fourth-order valence-corrected chi connectivity index (χ4v) is 2.89. The van der Waals surface area contributed by atoms with Gasteiger partial charge in [-0.25, -0.2) is 0 Å². The number of nitrogens with zero attached hydrogens (tertiary/aromatic N) is 1. The minimum absolute atomic E-state index is 0.395. The van der Waals surface area contributed by atoms with E-state index in [0.717, 1.165) is 11.8 Å². The Bertz CT molecular complexity index is 189. The molecule has 2 aliphatic rings. The number of likely N-dealkylation sites (tertiary alicyclic amines) is 1. The molecule has 0 aromatic heterocycles. The van der Waals surface area contributed by atoms with E-state index in [4.69, 9.17) is 0 Å². The maximum absolute atomic E-state index is 3.62. The quantitative estimate of drug-likeness (QED) is 0.658. The van der Waals surface area contributed by atoms with Gasteiger partial charge in [-0.1, -0.05) is 0 Å². The van der Waals surface area contributed by atoms with Gasteiger partial charge in [0.1, 0.15) is 0 Å². The van der Waals surface area contributed by atoms with Crippen LogP contribution in [0.2, 0.25) is 0 Å². The smallest absolute Gasteiger partial charge is 0.0128 e. The van der Waals surface area contributed by atoms with Crippen LogP contribution in [0.15, 0.2) is 0 Å². The van der Waals surface area contributed by atoms with Gasteiger partial charge in [-0.15, -0.1) is 0 Å². The predicted molar refractivity (Wildman–Crippen MR) is 55.8 cm³/mol. The highest BCUT2D eigenvalue weighted by Crippen LogP contribution is 2.33. The molecule has 0 saturated carbocycles. The van der Waals surface area contributed by atoms with E-state index in [-0.39, 0.29) is 0 Å². The standard InChI is InChI=1S/C11H22N2/c1-11(2)6-10(7-12-11)9-4-5-13(3)8-9/h9-10,12H,4-8H2,1-3H3. The van der Waals surface area contributed by atoms with Gasteiger partial charge in [-0.05, 0) is 58.7 Å². The number of nitrogens with one attached hydrogen (secondary N) is 1. The second-order valence-corrected chi connectivity index (χ2v) is 5.54. The lowest BCUT2D eigenvalue weighted by atomic mass is 9.86. The largest absolute Gasteiger partial charge is 0.311 e. The molecule has 2 atom stereocenters. The molecular formula is C11H22N2. The van der Waals surface area contributed by atoms with E-state index in [2.05, 4.69) is 31.1 Å².